The van der Waals surface area contributed by atoms with Crippen LogP contribution in [0.2, 0.25) is 0 Å². The van der Waals surface area contributed by atoms with E-state index in [0.29, 0.717) is 11.1 Å². The number of thiophene rings is 1. The van der Waals surface area contributed by atoms with Crippen molar-refractivity contribution < 1.29 is 4.74 Å². The maximum Gasteiger partial charge on any atom is 0.250 e. The maximum atomic E-state index is 5.31. The molecule has 27 heavy (non-hydrogen) atoms. The minimum atomic E-state index is 0.500. The van der Waals surface area contributed by atoms with Crippen LogP contribution in [0.5, 0.6) is 5.75 Å². The van der Waals surface area contributed by atoms with Gasteiger partial charge < -0.3 is 4.74 Å². The van der Waals surface area contributed by atoms with Crippen LogP contribution in [-0.2, 0) is 0 Å². The van der Waals surface area contributed by atoms with Gasteiger partial charge in [-0.05, 0) is 23.6 Å². The first-order chi connectivity index (χ1) is 13.3. The fourth-order valence-corrected chi connectivity index (χ4v) is 4.94. The van der Waals surface area contributed by atoms with E-state index in [-0.39, 0.29) is 0 Å². The van der Waals surface area contributed by atoms with Crippen molar-refractivity contribution in [1.29, 1.82) is 0 Å². The third-order valence-electron chi connectivity index (χ3n) is 3.82. The Balaban J connectivity index is 1.45. The molecule has 1 aromatic carbocycles. The van der Waals surface area contributed by atoms with Crippen molar-refractivity contribution in [3.63, 3.8) is 0 Å². The number of thiazole rings is 1. The molecule has 0 aliphatic heterocycles. The Morgan fingerprint density at radius 3 is 2.93 bits per heavy atom. The zero-order chi connectivity index (χ0) is 18.2. The molecular formula is C17H12N6OS3. The first-order valence-electron chi connectivity index (χ1n) is 7.93. The van der Waals surface area contributed by atoms with Gasteiger partial charge in [-0.2, -0.15) is 4.98 Å². The van der Waals surface area contributed by atoms with E-state index in [2.05, 4.69) is 25.6 Å². The summed E-state index contributed by atoms with van der Waals surface area (Å²) in [7, 11) is 1.66. The molecule has 0 spiro atoms. The average Bonchev–Trinajstić information content (AvgIpc) is 3.46. The van der Waals surface area contributed by atoms with Crippen molar-refractivity contribution in [1.82, 2.24) is 24.8 Å². The second-order valence-corrected chi connectivity index (χ2v) is 8.26. The van der Waals surface area contributed by atoms with Gasteiger partial charge in [0.1, 0.15) is 5.75 Å². The normalized spacial score (nSPS) is 11.1. The molecule has 0 amide bonds. The van der Waals surface area contributed by atoms with Crippen LogP contribution >= 0.6 is 34.0 Å². The molecular weight excluding hydrogens is 400 g/mol. The van der Waals surface area contributed by atoms with Gasteiger partial charge in [0, 0.05) is 10.9 Å². The zero-order valence-electron chi connectivity index (χ0n) is 14.0. The number of nitrogens with one attached hydrogen (secondary N) is 1. The van der Waals surface area contributed by atoms with Crippen LogP contribution in [0.25, 0.3) is 26.1 Å². The summed E-state index contributed by atoms with van der Waals surface area (Å²) in [6, 6.07) is 11.9. The fourth-order valence-electron chi connectivity index (χ4n) is 2.58. The number of methoxy groups -OCH3 is 1. The van der Waals surface area contributed by atoms with Gasteiger partial charge in [-0.1, -0.05) is 29.5 Å². The number of fused-ring (bicyclic) bond motifs is 1. The number of anilines is 2. The Morgan fingerprint density at radius 1 is 1.11 bits per heavy atom. The lowest BCUT2D eigenvalue weighted by molar-refractivity contribution is 0.415. The molecule has 0 unspecified atom stereocenters. The number of nitrogens with zero attached hydrogens (tertiary/aromatic N) is 5. The predicted octanol–water partition coefficient (Wildman–Crippen LogP) is 4.79. The van der Waals surface area contributed by atoms with Gasteiger partial charge in [0.2, 0.25) is 16.0 Å². The predicted molar refractivity (Wildman–Crippen MR) is 109 cm³/mol. The summed E-state index contributed by atoms with van der Waals surface area (Å²) in [5, 5.41) is 21.7. The quantitative estimate of drug-likeness (QED) is 0.447. The highest BCUT2D eigenvalue weighted by Crippen LogP contribution is 2.32. The molecule has 4 aromatic heterocycles. The van der Waals surface area contributed by atoms with Gasteiger partial charge >= 0.3 is 0 Å². The van der Waals surface area contributed by atoms with E-state index in [1.165, 1.54) is 22.7 Å². The van der Waals surface area contributed by atoms with E-state index >= 15 is 0 Å². The third-order valence-corrected chi connectivity index (χ3v) is 6.52. The van der Waals surface area contributed by atoms with Crippen LogP contribution in [0.3, 0.4) is 0 Å². The van der Waals surface area contributed by atoms with Crippen LogP contribution in [0, 0.1) is 0 Å². The number of ether oxygens (including phenoxy) is 1. The topological polar surface area (TPSA) is 77.2 Å². The zero-order valence-corrected chi connectivity index (χ0v) is 16.4. The highest BCUT2D eigenvalue weighted by atomic mass is 32.1. The summed E-state index contributed by atoms with van der Waals surface area (Å²) in [6.07, 6.45) is 0. The van der Waals surface area contributed by atoms with Crippen LogP contribution < -0.4 is 10.1 Å². The highest BCUT2D eigenvalue weighted by Gasteiger charge is 2.14. The largest absolute Gasteiger partial charge is 0.497 e. The minimum Gasteiger partial charge on any atom is -0.497 e. The van der Waals surface area contributed by atoms with Gasteiger partial charge in [-0.25, -0.2) is 4.52 Å². The minimum absolute atomic E-state index is 0.500. The molecule has 5 rings (SSSR count). The number of hydrogen-bond donors (Lipinski definition) is 1. The SMILES string of the molecule is COc1cccc(-c2csc3nc(Nc4nnc(-c5cccs5)s4)nn23)c1. The second kappa shape index (κ2) is 6.72. The molecule has 5 aromatic rings. The van der Waals surface area contributed by atoms with Crippen molar-refractivity contribution in [2.75, 3.05) is 12.4 Å². The molecule has 0 atom stereocenters. The summed E-state index contributed by atoms with van der Waals surface area (Å²) < 4.78 is 7.14. The van der Waals surface area contributed by atoms with E-state index in [4.69, 9.17) is 4.74 Å². The lowest BCUT2D eigenvalue weighted by atomic mass is 10.2. The van der Waals surface area contributed by atoms with Crippen LogP contribution in [-0.4, -0.2) is 31.9 Å². The maximum absolute atomic E-state index is 5.31. The molecule has 0 saturated carbocycles. The average molecular weight is 413 g/mol. The molecule has 0 aliphatic rings. The fraction of sp³-hybridized carbons (Fsp3) is 0.0588. The number of benzene rings is 1. The van der Waals surface area contributed by atoms with Gasteiger partial charge in [0.05, 0.1) is 17.7 Å². The molecule has 0 bridgehead atoms. The van der Waals surface area contributed by atoms with Crippen molar-refractivity contribution in [3.05, 3.63) is 47.2 Å². The molecule has 0 radical (unpaired) electrons. The van der Waals surface area contributed by atoms with E-state index in [1.807, 2.05) is 51.7 Å². The summed E-state index contributed by atoms with van der Waals surface area (Å²) in [5.74, 6) is 1.31. The second-order valence-electron chi connectivity index (χ2n) is 5.50. The Kier molecular flexibility index (Phi) is 4.07. The van der Waals surface area contributed by atoms with Crippen LogP contribution in [0.1, 0.15) is 0 Å². The molecule has 4 heterocycles. The lowest BCUT2D eigenvalue weighted by Crippen LogP contribution is -1.94. The number of rotatable bonds is 5. The standard InChI is InChI=1S/C17H12N6OS3/c1-24-11-5-2-4-10(8-11)12-9-26-17-19-15(22-23(12)17)18-16-21-20-14(27-16)13-6-3-7-25-13/h2-9H,1H3,(H,18,21,22). The number of hydrogen-bond acceptors (Lipinski definition) is 9. The Hall–Kier alpha value is -2.82. The van der Waals surface area contributed by atoms with Crippen molar-refractivity contribution in [2.45, 2.75) is 0 Å². The number of aromatic nitrogens is 5. The first kappa shape index (κ1) is 16.4. The van der Waals surface area contributed by atoms with Crippen molar-refractivity contribution in [3.8, 4) is 26.9 Å². The molecule has 0 aliphatic carbocycles. The summed E-state index contributed by atoms with van der Waals surface area (Å²) in [5.41, 5.74) is 1.99. The summed E-state index contributed by atoms with van der Waals surface area (Å²) >= 11 is 4.65. The Morgan fingerprint density at radius 2 is 2.07 bits per heavy atom. The Labute approximate surface area is 165 Å². The summed E-state index contributed by atoms with van der Waals surface area (Å²) in [6.45, 7) is 0. The Bertz CT molecular complexity index is 1210. The van der Waals surface area contributed by atoms with E-state index in [1.54, 1.807) is 18.4 Å². The van der Waals surface area contributed by atoms with Gasteiger partial charge in [0.15, 0.2) is 5.01 Å². The van der Waals surface area contributed by atoms with Crippen LogP contribution in [0.15, 0.2) is 47.2 Å². The molecule has 0 saturated heterocycles. The van der Waals surface area contributed by atoms with E-state index in [9.17, 15) is 0 Å². The van der Waals surface area contributed by atoms with Gasteiger partial charge in [-0.3, -0.25) is 5.32 Å². The monoisotopic (exact) mass is 412 g/mol. The van der Waals surface area contributed by atoms with E-state index < -0.39 is 0 Å². The highest BCUT2D eigenvalue weighted by molar-refractivity contribution is 7.23. The van der Waals surface area contributed by atoms with Crippen LogP contribution in [0.4, 0.5) is 11.1 Å². The molecule has 7 nitrogen and oxygen atoms in total. The van der Waals surface area contributed by atoms with Crippen molar-refractivity contribution >= 4 is 50.1 Å². The first-order valence-corrected chi connectivity index (χ1v) is 10.5. The molecule has 10 heteroatoms. The molecule has 134 valence electrons. The summed E-state index contributed by atoms with van der Waals surface area (Å²) in [4.78, 5) is 6.44. The molecule has 1 N–H and O–H groups in total. The third kappa shape index (κ3) is 3.07. The lowest BCUT2D eigenvalue weighted by Gasteiger charge is -2.02. The van der Waals surface area contributed by atoms with Gasteiger partial charge in [-0.15, -0.1) is 38.0 Å². The van der Waals surface area contributed by atoms with Gasteiger partial charge in [0.25, 0.3) is 0 Å². The van der Waals surface area contributed by atoms with E-state index in [0.717, 1.165) is 31.9 Å². The van der Waals surface area contributed by atoms with Crippen molar-refractivity contribution in [2.24, 2.45) is 0 Å². The smallest absolute Gasteiger partial charge is 0.250 e. The molecule has 0 fully saturated rings.